The van der Waals surface area contributed by atoms with Gasteiger partial charge in [0.25, 0.3) is 5.91 Å². The number of morpholine rings is 1. The minimum atomic E-state index is -0.414. The number of carbonyl (C=O) groups is 2. The molecular weight excluding hydrogens is 361 g/mol. The molecule has 28 heavy (non-hydrogen) atoms. The Morgan fingerprint density at radius 3 is 2.36 bits per heavy atom. The zero-order valence-electron chi connectivity index (χ0n) is 15.6. The highest BCUT2D eigenvalue weighted by molar-refractivity contribution is 5.96. The minimum absolute atomic E-state index is 0.137. The number of benzene rings is 2. The lowest BCUT2D eigenvalue weighted by atomic mass is 10.1. The van der Waals surface area contributed by atoms with Gasteiger partial charge < -0.3 is 15.4 Å². The molecule has 0 radical (unpaired) electrons. The zero-order chi connectivity index (χ0) is 19.8. The molecule has 0 aliphatic carbocycles. The summed E-state index contributed by atoms with van der Waals surface area (Å²) in [6, 6.07) is 13.2. The first kappa shape index (κ1) is 20.0. The summed E-state index contributed by atoms with van der Waals surface area (Å²) < 4.78 is 18.3. The number of halogens is 1. The molecule has 2 amide bonds. The molecule has 0 spiro atoms. The topological polar surface area (TPSA) is 70.7 Å². The maximum absolute atomic E-state index is 12.9. The van der Waals surface area contributed by atoms with E-state index in [2.05, 4.69) is 21.6 Å². The Hall–Kier alpha value is -2.77. The second-order valence-electron chi connectivity index (χ2n) is 6.62. The van der Waals surface area contributed by atoms with Crippen molar-refractivity contribution in [1.82, 2.24) is 15.5 Å². The zero-order valence-corrected chi connectivity index (χ0v) is 15.6. The van der Waals surface area contributed by atoms with Gasteiger partial charge in [0, 0.05) is 31.7 Å². The molecule has 1 heterocycles. The highest BCUT2D eigenvalue weighted by Crippen LogP contribution is 2.13. The summed E-state index contributed by atoms with van der Waals surface area (Å²) in [6.07, 6.45) is 0. The highest BCUT2D eigenvalue weighted by Gasteiger charge is 2.13. The van der Waals surface area contributed by atoms with E-state index in [1.54, 1.807) is 0 Å². The molecule has 0 aromatic heterocycles. The normalized spacial score (nSPS) is 14.5. The summed E-state index contributed by atoms with van der Waals surface area (Å²) >= 11 is 0. The number of hydrogen-bond acceptors (Lipinski definition) is 4. The van der Waals surface area contributed by atoms with Gasteiger partial charge in [0.15, 0.2) is 0 Å². The van der Waals surface area contributed by atoms with Crippen LogP contribution in [0.15, 0.2) is 48.5 Å². The smallest absolute Gasteiger partial charge is 0.251 e. The first-order valence-corrected chi connectivity index (χ1v) is 9.29. The predicted molar refractivity (Wildman–Crippen MR) is 103 cm³/mol. The second-order valence-corrected chi connectivity index (χ2v) is 6.62. The monoisotopic (exact) mass is 385 g/mol. The van der Waals surface area contributed by atoms with E-state index in [0.717, 1.165) is 38.4 Å². The van der Waals surface area contributed by atoms with E-state index in [1.165, 1.54) is 29.8 Å². The Morgan fingerprint density at radius 2 is 1.64 bits per heavy atom. The molecule has 0 atom stereocenters. The van der Waals surface area contributed by atoms with Gasteiger partial charge >= 0.3 is 0 Å². The Morgan fingerprint density at radius 1 is 0.964 bits per heavy atom. The Bertz CT molecular complexity index is 805. The fourth-order valence-corrected chi connectivity index (χ4v) is 3.00. The quantitative estimate of drug-likeness (QED) is 0.761. The van der Waals surface area contributed by atoms with Gasteiger partial charge in [-0.05, 0) is 35.4 Å². The molecule has 0 bridgehead atoms. The van der Waals surface area contributed by atoms with E-state index < -0.39 is 11.7 Å². The van der Waals surface area contributed by atoms with Gasteiger partial charge in [-0.25, -0.2) is 4.39 Å². The number of nitrogens with zero attached hydrogens (tertiary/aromatic N) is 1. The van der Waals surface area contributed by atoms with Crippen molar-refractivity contribution in [2.75, 3.05) is 32.8 Å². The Labute approximate surface area is 163 Å². The number of ether oxygens (including phenoxy) is 1. The third-order valence-corrected chi connectivity index (χ3v) is 4.61. The van der Waals surface area contributed by atoms with Gasteiger partial charge in [-0.2, -0.15) is 0 Å². The van der Waals surface area contributed by atoms with Crippen LogP contribution in [0, 0.1) is 5.82 Å². The number of hydrogen-bond donors (Lipinski definition) is 2. The average molecular weight is 385 g/mol. The van der Waals surface area contributed by atoms with Crippen LogP contribution >= 0.6 is 0 Å². The Kier molecular flexibility index (Phi) is 7.11. The third-order valence-electron chi connectivity index (χ3n) is 4.61. The predicted octanol–water partition coefficient (Wildman–Crippen LogP) is 1.70. The van der Waals surface area contributed by atoms with Crippen LogP contribution in [0.5, 0.6) is 0 Å². The molecule has 2 N–H and O–H groups in total. The van der Waals surface area contributed by atoms with Crippen molar-refractivity contribution in [1.29, 1.82) is 0 Å². The molecule has 6 nitrogen and oxygen atoms in total. The molecule has 7 heteroatoms. The first-order chi connectivity index (χ1) is 13.6. The van der Waals surface area contributed by atoms with E-state index in [1.807, 2.05) is 18.2 Å². The largest absolute Gasteiger partial charge is 0.379 e. The molecule has 2 aromatic carbocycles. The van der Waals surface area contributed by atoms with Crippen molar-refractivity contribution in [2.24, 2.45) is 0 Å². The molecule has 0 saturated carbocycles. The summed E-state index contributed by atoms with van der Waals surface area (Å²) in [4.78, 5) is 26.4. The van der Waals surface area contributed by atoms with Crippen LogP contribution < -0.4 is 10.6 Å². The number of amides is 2. The van der Waals surface area contributed by atoms with Crippen LogP contribution in [-0.4, -0.2) is 49.6 Å². The van der Waals surface area contributed by atoms with Crippen molar-refractivity contribution in [2.45, 2.75) is 13.1 Å². The number of carbonyl (C=O) groups excluding carboxylic acids is 2. The van der Waals surface area contributed by atoms with Gasteiger partial charge in [-0.3, -0.25) is 14.5 Å². The van der Waals surface area contributed by atoms with Crippen LogP contribution in [0.1, 0.15) is 21.5 Å². The fraction of sp³-hybridized carbons (Fsp3) is 0.333. The molecule has 1 aliphatic rings. The second kappa shape index (κ2) is 9.96. The van der Waals surface area contributed by atoms with Crippen LogP contribution in [0.2, 0.25) is 0 Å². The van der Waals surface area contributed by atoms with Crippen LogP contribution in [0.4, 0.5) is 4.39 Å². The first-order valence-electron chi connectivity index (χ1n) is 9.29. The third kappa shape index (κ3) is 5.87. The van der Waals surface area contributed by atoms with Crippen molar-refractivity contribution >= 4 is 11.8 Å². The lowest BCUT2D eigenvalue weighted by Crippen LogP contribution is -2.37. The summed E-state index contributed by atoms with van der Waals surface area (Å²) in [6.45, 7) is 4.36. The lowest BCUT2D eigenvalue weighted by molar-refractivity contribution is -0.120. The molecule has 2 aromatic rings. The minimum Gasteiger partial charge on any atom is -0.379 e. The molecule has 148 valence electrons. The van der Waals surface area contributed by atoms with E-state index in [0.29, 0.717) is 12.1 Å². The number of rotatable bonds is 7. The molecule has 1 aliphatic heterocycles. The highest BCUT2D eigenvalue weighted by atomic mass is 19.1. The maximum Gasteiger partial charge on any atom is 0.251 e. The van der Waals surface area contributed by atoms with E-state index >= 15 is 0 Å². The van der Waals surface area contributed by atoms with E-state index in [4.69, 9.17) is 4.74 Å². The SMILES string of the molecule is O=C(CNC(=O)c1ccc(F)cc1)NCc1ccccc1CN1CCOCC1. The molecule has 1 saturated heterocycles. The van der Waals surface area contributed by atoms with Crippen LogP contribution in [0.3, 0.4) is 0 Å². The van der Waals surface area contributed by atoms with Crippen molar-refractivity contribution in [3.63, 3.8) is 0 Å². The Balaban J connectivity index is 1.47. The standard InChI is InChI=1S/C21H24FN3O3/c22-19-7-5-16(6-8-19)21(27)24-14-20(26)23-13-17-3-1-2-4-18(17)15-25-9-11-28-12-10-25/h1-8H,9-15H2,(H,23,26)(H,24,27). The van der Waals surface area contributed by atoms with Crippen LogP contribution in [-0.2, 0) is 22.6 Å². The van der Waals surface area contributed by atoms with E-state index in [-0.39, 0.29) is 12.5 Å². The summed E-state index contributed by atoms with van der Waals surface area (Å²) in [7, 11) is 0. The van der Waals surface area contributed by atoms with Crippen molar-refractivity contribution < 1.29 is 18.7 Å². The van der Waals surface area contributed by atoms with Gasteiger partial charge in [0.1, 0.15) is 5.82 Å². The number of nitrogens with one attached hydrogen (secondary N) is 2. The summed E-state index contributed by atoms with van der Waals surface area (Å²) in [5.74, 6) is -1.11. The van der Waals surface area contributed by atoms with Gasteiger partial charge in [-0.1, -0.05) is 24.3 Å². The molecular formula is C21H24FN3O3. The van der Waals surface area contributed by atoms with Gasteiger partial charge in [-0.15, -0.1) is 0 Å². The maximum atomic E-state index is 12.9. The summed E-state index contributed by atoms with van der Waals surface area (Å²) in [5.41, 5.74) is 2.53. The summed E-state index contributed by atoms with van der Waals surface area (Å²) in [5, 5.41) is 5.37. The lowest BCUT2D eigenvalue weighted by Gasteiger charge is -2.27. The molecule has 3 rings (SSSR count). The average Bonchev–Trinajstić information content (AvgIpc) is 2.72. The molecule has 0 unspecified atom stereocenters. The van der Waals surface area contributed by atoms with Crippen molar-refractivity contribution in [3.8, 4) is 0 Å². The van der Waals surface area contributed by atoms with E-state index in [9.17, 15) is 14.0 Å². The van der Waals surface area contributed by atoms with Crippen molar-refractivity contribution in [3.05, 3.63) is 71.0 Å². The van der Waals surface area contributed by atoms with Gasteiger partial charge in [0.05, 0.1) is 19.8 Å². The van der Waals surface area contributed by atoms with Gasteiger partial charge in [0.2, 0.25) is 5.91 Å². The fourth-order valence-electron chi connectivity index (χ4n) is 3.00. The molecule has 1 fully saturated rings. The van der Waals surface area contributed by atoms with Crippen LogP contribution in [0.25, 0.3) is 0 Å².